The van der Waals surface area contributed by atoms with Gasteiger partial charge < -0.3 is 5.73 Å². The summed E-state index contributed by atoms with van der Waals surface area (Å²) in [5, 5.41) is 0. The van der Waals surface area contributed by atoms with E-state index in [0.717, 1.165) is 25.6 Å². The molecule has 0 aliphatic carbocycles. The van der Waals surface area contributed by atoms with Gasteiger partial charge in [-0.05, 0) is 30.5 Å². The number of nitrogens with zero attached hydrogens (tertiary/aromatic N) is 1. The third-order valence-corrected chi connectivity index (χ3v) is 3.42. The molecule has 1 fully saturated rings. The van der Waals surface area contributed by atoms with Crippen molar-refractivity contribution in [2.75, 3.05) is 13.1 Å². The number of benzene rings is 1. The molecule has 0 bridgehead atoms. The van der Waals surface area contributed by atoms with Gasteiger partial charge in [-0.1, -0.05) is 13.8 Å². The van der Waals surface area contributed by atoms with E-state index in [1.165, 1.54) is 12.1 Å². The summed E-state index contributed by atoms with van der Waals surface area (Å²) in [6, 6.07) is 3.27. The van der Waals surface area contributed by atoms with Crippen LogP contribution in [0.4, 0.5) is 8.78 Å². The molecule has 1 aliphatic rings. The van der Waals surface area contributed by atoms with Gasteiger partial charge in [-0.2, -0.15) is 0 Å². The van der Waals surface area contributed by atoms with Crippen molar-refractivity contribution in [2.45, 2.75) is 32.4 Å². The second-order valence-electron chi connectivity index (χ2n) is 5.45. The average Bonchev–Trinajstić information content (AvgIpc) is 2.63. The molecule has 2 unspecified atom stereocenters. The van der Waals surface area contributed by atoms with Crippen molar-refractivity contribution in [1.82, 2.24) is 4.90 Å². The minimum absolute atomic E-state index is 0.125. The monoisotopic (exact) mass is 254 g/mol. The first kappa shape index (κ1) is 13.4. The quantitative estimate of drug-likeness (QED) is 0.898. The van der Waals surface area contributed by atoms with Crippen molar-refractivity contribution in [3.63, 3.8) is 0 Å². The predicted octanol–water partition coefficient (Wildman–Crippen LogP) is 2.69. The zero-order chi connectivity index (χ0) is 13.3. The molecule has 2 rings (SSSR count). The Morgan fingerprint density at radius 2 is 2.11 bits per heavy atom. The van der Waals surface area contributed by atoms with Crippen LogP contribution in [0.2, 0.25) is 0 Å². The summed E-state index contributed by atoms with van der Waals surface area (Å²) in [6.07, 6.45) is 0.827. The summed E-state index contributed by atoms with van der Waals surface area (Å²) in [6.45, 7) is 5.93. The summed E-state index contributed by atoms with van der Waals surface area (Å²) in [4.78, 5) is 2.16. The van der Waals surface area contributed by atoms with Crippen LogP contribution in [0.15, 0.2) is 18.2 Å². The normalized spacial score (nSPS) is 25.0. The van der Waals surface area contributed by atoms with Crippen molar-refractivity contribution >= 4 is 0 Å². The van der Waals surface area contributed by atoms with Crippen molar-refractivity contribution < 1.29 is 8.78 Å². The van der Waals surface area contributed by atoms with Crippen LogP contribution in [-0.4, -0.2) is 24.0 Å². The minimum atomic E-state index is -0.407. The SMILES string of the molecule is CC(C)CN1CCC(N)C1c1cc(F)ccc1F. The highest BCUT2D eigenvalue weighted by atomic mass is 19.1. The Kier molecular flexibility index (Phi) is 3.97. The van der Waals surface area contributed by atoms with Gasteiger partial charge in [0, 0.05) is 24.7 Å². The van der Waals surface area contributed by atoms with E-state index in [9.17, 15) is 8.78 Å². The summed E-state index contributed by atoms with van der Waals surface area (Å²) in [5.74, 6) is -0.295. The standard InChI is InChI=1S/C14H20F2N2/c1-9(2)8-18-6-5-13(17)14(18)11-7-10(15)3-4-12(11)16/h3-4,7,9,13-14H,5-6,8,17H2,1-2H3. The van der Waals surface area contributed by atoms with E-state index in [0.29, 0.717) is 11.5 Å². The molecule has 18 heavy (non-hydrogen) atoms. The Morgan fingerprint density at radius 1 is 1.39 bits per heavy atom. The molecule has 0 aromatic heterocycles. The van der Waals surface area contributed by atoms with Crippen LogP contribution in [0.25, 0.3) is 0 Å². The maximum absolute atomic E-state index is 13.9. The van der Waals surface area contributed by atoms with Gasteiger partial charge in [-0.15, -0.1) is 0 Å². The molecule has 0 spiro atoms. The Bertz CT molecular complexity index is 420. The molecule has 1 aromatic carbocycles. The van der Waals surface area contributed by atoms with Crippen LogP contribution >= 0.6 is 0 Å². The van der Waals surface area contributed by atoms with Gasteiger partial charge in [-0.25, -0.2) is 8.78 Å². The number of hydrogen-bond acceptors (Lipinski definition) is 2. The largest absolute Gasteiger partial charge is 0.326 e. The first-order valence-electron chi connectivity index (χ1n) is 6.43. The lowest BCUT2D eigenvalue weighted by Crippen LogP contribution is -2.34. The number of halogens is 2. The third-order valence-electron chi connectivity index (χ3n) is 3.42. The molecule has 0 radical (unpaired) electrons. The maximum atomic E-state index is 13.9. The van der Waals surface area contributed by atoms with Gasteiger partial charge >= 0.3 is 0 Å². The van der Waals surface area contributed by atoms with Crippen LogP contribution in [0.5, 0.6) is 0 Å². The molecule has 1 aromatic rings. The fourth-order valence-electron chi connectivity index (χ4n) is 2.73. The maximum Gasteiger partial charge on any atom is 0.128 e. The number of nitrogens with two attached hydrogens (primary N) is 1. The second-order valence-corrected chi connectivity index (χ2v) is 5.45. The van der Waals surface area contributed by atoms with Crippen LogP contribution in [-0.2, 0) is 0 Å². The minimum Gasteiger partial charge on any atom is -0.326 e. The van der Waals surface area contributed by atoms with E-state index in [1.54, 1.807) is 0 Å². The highest BCUT2D eigenvalue weighted by Crippen LogP contribution is 2.33. The number of hydrogen-bond donors (Lipinski definition) is 1. The first-order valence-corrected chi connectivity index (χ1v) is 6.43. The predicted molar refractivity (Wildman–Crippen MR) is 68.1 cm³/mol. The molecule has 0 saturated carbocycles. The smallest absolute Gasteiger partial charge is 0.128 e. The summed E-state index contributed by atoms with van der Waals surface area (Å²) < 4.78 is 27.1. The molecule has 2 N–H and O–H groups in total. The Morgan fingerprint density at radius 3 is 2.78 bits per heavy atom. The highest BCUT2D eigenvalue weighted by molar-refractivity contribution is 5.25. The van der Waals surface area contributed by atoms with E-state index in [1.807, 2.05) is 0 Å². The Hall–Kier alpha value is -1.00. The van der Waals surface area contributed by atoms with Crippen molar-refractivity contribution in [3.8, 4) is 0 Å². The van der Waals surface area contributed by atoms with Gasteiger partial charge in [0.15, 0.2) is 0 Å². The van der Waals surface area contributed by atoms with E-state index >= 15 is 0 Å². The summed E-state index contributed by atoms with van der Waals surface area (Å²) in [5.41, 5.74) is 6.45. The molecule has 1 saturated heterocycles. The Labute approximate surface area is 107 Å². The molecule has 0 amide bonds. The molecular weight excluding hydrogens is 234 g/mol. The third kappa shape index (κ3) is 2.70. The molecule has 2 nitrogen and oxygen atoms in total. The summed E-state index contributed by atoms with van der Waals surface area (Å²) in [7, 11) is 0. The van der Waals surface area contributed by atoms with Crippen molar-refractivity contribution in [3.05, 3.63) is 35.4 Å². The van der Waals surface area contributed by atoms with E-state index < -0.39 is 5.82 Å². The lowest BCUT2D eigenvalue weighted by molar-refractivity contribution is 0.216. The van der Waals surface area contributed by atoms with Crippen LogP contribution in [0.1, 0.15) is 31.9 Å². The zero-order valence-corrected chi connectivity index (χ0v) is 10.9. The number of likely N-dealkylation sites (tertiary alicyclic amines) is 1. The first-order chi connectivity index (χ1) is 8.49. The topological polar surface area (TPSA) is 29.3 Å². The van der Waals surface area contributed by atoms with E-state index in [2.05, 4.69) is 18.7 Å². The van der Waals surface area contributed by atoms with E-state index in [-0.39, 0.29) is 17.9 Å². The van der Waals surface area contributed by atoms with Gasteiger partial charge in [0.05, 0.1) is 6.04 Å². The molecule has 1 aliphatic heterocycles. The highest BCUT2D eigenvalue weighted by Gasteiger charge is 2.34. The zero-order valence-electron chi connectivity index (χ0n) is 10.9. The van der Waals surface area contributed by atoms with Gasteiger partial charge in [0.2, 0.25) is 0 Å². The Balaban J connectivity index is 2.30. The number of rotatable bonds is 3. The van der Waals surface area contributed by atoms with Crippen LogP contribution < -0.4 is 5.73 Å². The van der Waals surface area contributed by atoms with Crippen molar-refractivity contribution in [2.24, 2.45) is 11.7 Å². The van der Waals surface area contributed by atoms with Crippen LogP contribution in [0, 0.1) is 17.6 Å². The van der Waals surface area contributed by atoms with Gasteiger partial charge in [0.1, 0.15) is 11.6 Å². The fraction of sp³-hybridized carbons (Fsp3) is 0.571. The second kappa shape index (κ2) is 5.33. The lowest BCUT2D eigenvalue weighted by Gasteiger charge is -2.28. The van der Waals surface area contributed by atoms with Crippen molar-refractivity contribution in [1.29, 1.82) is 0 Å². The average molecular weight is 254 g/mol. The summed E-state index contributed by atoms with van der Waals surface area (Å²) >= 11 is 0. The van der Waals surface area contributed by atoms with Crippen LogP contribution in [0.3, 0.4) is 0 Å². The van der Waals surface area contributed by atoms with Gasteiger partial charge in [0.25, 0.3) is 0 Å². The molecule has 1 heterocycles. The molecule has 4 heteroatoms. The molecular formula is C14H20F2N2. The molecule has 100 valence electrons. The van der Waals surface area contributed by atoms with Gasteiger partial charge in [-0.3, -0.25) is 4.90 Å². The lowest BCUT2D eigenvalue weighted by atomic mass is 9.99. The fourth-order valence-corrected chi connectivity index (χ4v) is 2.73. The molecule has 2 atom stereocenters. The van der Waals surface area contributed by atoms with E-state index in [4.69, 9.17) is 5.73 Å².